The molecule has 14 heavy (non-hydrogen) atoms. The van der Waals surface area contributed by atoms with E-state index in [0.717, 1.165) is 0 Å². The third-order valence-corrected chi connectivity index (χ3v) is 2.32. The number of hydrogen-bond acceptors (Lipinski definition) is 3. The Kier molecular flexibility index (Phi) is 8.38. The Morgan fingerprint density at radius 2 is 1.79 bits per heavy atom. The van der Waals surface area contributed by atoms with Crippen LogP contribution in [-0.2, 0) is 14.2 Å². The van der Waals surface area contributed by atoms with E-state index in [0.29, 0.717) is 0 Å². The van der Waals surface area contributed by atoms with E-state index < -0.39 is 25.9 Å². The molecule has 0 radical (unpaired) electrons. The Morgan fingerprint density at radius 1 is 1.29 bits per heavy atom. The van der Waals surface area contributed by atoms with Crippen LogP contribution in [0.15, 0.2) is 0 Å². The first-order valence-electron chi connectivity index (χ1n) is 3.60. The van der Waals surface area contributed by atoms with Crippen molar-refractivity contribution in [3.63, 3.8) is 0 Å². The highest BCUT2D eigenvalue weighted by Gasteiger charge is 2.20. The van der Waals surface area contributed by atoms with Gasteiger partial charge in [-0.05, 0) is 6.42 Å². The van der Waals surface area contributed by atoms with Crippen molar-refractivity contribution in [3.05, 3.63) is 0 Å². The van der Waals surface area contributed by atoms with Crippen molar-refractivity contribution in [1.82, 2.24) is 0 Å². The van der Waals surface area contributed by atoms with Crippen LogP contribution < -0.4 is 0 Å². The first-order chi connectivity index (χ1) is 5.93. The highest BCUT2D eigenvalue weighted by molar-refractivity contribution is 7.38. The number of carboxylic acid groups (broad SMARTS) is 2. The Bertz CT molecular complexity index is 226. The molecule has 0 saturated carbocycles. The van der Waals surface area contributed by atoms with Gasteiger partial charge in [0.25, 0.3) is 0 Å². The molecule has 7 heteroatoms. The summed E-state index contributed by atoms with van der Waals surface area (Å²) in [7, 11) is -2.85. The molecule has 0 amide bonds. The summed E-state index contributed by atoms with van der Waals surface area (Å²) in [5, 5.41) is 16.8. The predicted octanol–water partition coefficient (Wildman–Crippen LogP) is 0.655. The lowest BCUT2D eigenvalue weighted by Gasteiger charge is -2.07. The first kappa shape index (κ1) is 15.6. The van der Waals surface area contributed by atoms with Crippen molar-refractivity contribution in [1.29, 1.82) is 0 Å². The van der Waals surface area contributed by atoms with Crippen LogP contribution in [0.2, 0.25) is 0 Å². The van der Waals surface area contributed by atoms with Crippen LogP contribution in [0.3, 0.4) is 0 Å². The maximum absolute atomic E-state index is 10.4. The zero-order chi connectivity index (χ0) is 10.4. The van der Waals surface area contributed by atoms with Crippen LogP contribution >= 0.6 is 8.03 Å². The van der Waals surface area contributed by atoms with Crippen molar-refractivity contribution < 1.29 is 29.3 Å². The molecule has 0 rings (SSSR count). The molecular weight excluding hydrogens is 211 g/mol. The number of carboxylic acids is 2. The summed E-state index contributed by atoms with van der Waals surface area (Å²) in [5.41, 5.74) is 0. The van der Waals surface area contributed by atoms with E-state index in [1.807, 2.05) is 0 Å². The predicted molar refractivity (Wildman–Crippen MR) is 50.8 cm³/mol. The lowest BCUT2D eigenvalue weighted by molar-refractivity contribution is -0.142. The Hall–Kier alpha value is -0.870. The van der Waals surface area contributed by atoms with E-state index in [-0.39, 0.29) is 26.4 Å². The van der Waals surface area contributed by atoms with Crippen molar-refractivity contribution in [2.24, 2.45) is 5.92 Å². The van der Waals surface area contributed by atoms with Crippen LogP contribution in [0.25, 0.3) is 0 Å². The van der Waals surface area contributed by atoms with Crippen LogP contribution in [0, 0.1) is 5.92 Å². The minimum absolute atomic E-state index is 0. The van der Waals surface area contributed by atoms with Crippen LogP contribution in [0.1, 0.15) is 20.3 Å². The van der Waals surface area contributed by atoms with Crippen molar-refractivity contribution in [3.8, 4) is 0 Å². The second-order valence-electron chi connectivity index (χ2n) is 2.57. The van der Waals surface area contributed by atoms with Crippen LogP contribution in [0.5, 0.6) is 0 Å². The summed E-state index contributed by atoms with van der Waals surface area (Å²) < 4.78 is 10.3. The van der Waals surface area contributed by atoms with Gasteiger partial charge in [0.2, 0.25) is 0 Å². The number of carbonyl (C=O) groups is 2. The molecule has 0 heterocycles. The molecule has 0 aliphatic heterocycles. The molecule has 2 atom stereocenters. The van der Waals surface area contributed by atoms with E-state index in [1.54, 1.807) is 0 Å². The summed E-state index contributed by atoms with van der Waals surface area (Å²) in [4.78, 5) is 29.0. The Labute approximate surface area is 82.4 Å². The zero-order valence-electron chi connectivity index (χ0n) is 6.77. The van der Waals surface area contributed by atoms with E-state index in [9.17, 15) is 14.2 Å². The van der Waals surface area contributed by atoms with Gasteiger partial charge in [-0.15, -0.1) is 0 Å². The van der Waals surface area contributed by atoms with Crippen molar-refractivity contribution in [2.75, 3.05) is 6.16 Å². The van der Waals surface area contributed by atoms with Gasteiger partial charge in [0.1, 0.15) is 0 Å². The van der Waals surface area contributed by atoms with Gasteiger partial charge in [-0.2, -0.15) is 0 Å². The second-order valence-corrected chi connectivity index (χ2v) is 3.76. The summed E-state index contributed by atoms with van der Waals surface area (Å²) >= 11 is 0. The van der Waals surface area contributed by atoms with Gasteiger partial charge in [0.15, 0.2) is 8.03 Å². The molecular formula is C7H15O6P. The van der Waals surface area contributed by atoms with Gasteiger partial charge in [-0.25, -0.2) is 0 Å². The first-order valence-corrected chi connectivity index (χ1v) is 5.16. The third-order valence-electron chi connectivity index (χ3n) is 1.48. The fourth-order valence-corrected chi connectivity index (χ4v) is 1.62. The molecule has 84 valence electrons. The van der Waals surface area contributed by atoms with Gasteiger partial charge < -0.3 is 15.1 Å². The number of aliphatic carboxylic acids is 2. The molecule has 3 N–H and O–H groups in total. The molecule has 6 nitrogen and oxygen atoms in total. The molecule has 0 aromatic heterocycles. The lowest BCUT2D eigenvalue weighted by Crippen LogP contribution is -2.17. The molecule has 0 aromatic rings. The lowest BCUT2D eigenvalue weighted by atomic mass is 10.1. The van der Waals surface area contributed by atoms with E-state index in [1.165, 1.54) is 0 Å². The number of rotatable bonds is 6. The summed E-state index contributed by atoms with van der Waals surface area (Å²) in [6.45, 7) is 0. The van der Waals surface area contributed by atoms with Crippen LogP contribution in [-0.4, -0.2) is 33.2 Å². The molecule has 0 spiro atoms. The maximum Gasteiger partial charge on any atom is 0.307 e. The van der Waals surface area contributed by atoms with E-state index in [2.05, 4.69) is 0 Å². The molecule has 2 unspecified atom stereocenters. The number of hydrogen-bond donors (Lipinski definition) is 3. The van der Waals surface area contributed by atoms with Crippen molar-refractivity contribution >= 4 is 20.0 Å². The van der Waals surface area contributed by atoms with Crippen molar-refractivity contribution in [2.45, 2.75) is 20.3 Å². The average molecular weight is 226 g/mol. The molecule has 0 fully saturated rings. The van der Waals surface area contributed by atoms with Gasteiger partial charge >= 0.3 is 11.9 Å². The Morgan fingerprint density at radius 3 is 2.07 bits per heavy atom. The maximum atomic E-state index is 10.4. The topological polar surface area (TPSA) is 112 Å². The zero-order valence-corrected chi connectivity index (χ0v) is 7.77. The highest BCUT2D eigenvalue weighted by atomic mass is 31.1. The minimum Gasteiger partial charge on any atom is -0.481 e. The third kappa shape index (κ3) is 7.76. The molecule has 0 aromatic carbocycles. The quantitative estimate of drug-likeness (QED) is 0.573. The minimum atomic E-state index is -2.85. The van der Waals surface area contributed by atoms with Gasteiger partial charge in [0.05, 0.1) is 5.92 Å². The van der Waals surface area contributed by atoms with Gasteiger partial charge in [-0.3, -0.25) is 14.2 Å². The fraction of sp³-hybridized carbons (Fsp3) is 0.714. The highest BCUT2D eigenvalue weighted by Crippen LogP contribution is 2.21. The monoisotopic (exact) mass is 226 g/mol. The average Bonchev–Trinajstić information content (AvgIpc) is 1.96. The normalized spacial score (nSPS) is 13.8. The smallest absolute Gasteiger partial charge is 0.307 e. The Balaban J connectivity index is 0. The van der Waals surface area contributed by atoms with Crippen LogP contribution in [0.4, 0.5) is 0 Å². The largest absolute Gasteiger partial charge is 0.481 e. The summed E-state index contributed by atoms with van der Waals surface area (Å²) in [6.07, 6.45) is -0.763. The van der Waals surface area contributed by atoms with Gasteiger partial charge in [0, 0.05) is 12.6 Å². The van der Waals surface area contributed by atoms with E-state index >= 15 is 0 Å². The fourth-order valence-electron chi connectivity index (χ4n) is 0.821. The molecule has 0 saturated heterocycles. The van der Waals surface area contributed by atoms with E-state index in [4.69, 9.17) is 15.1 Å². The summed E-state index contributed by atoms with van der Waals surface area (Å²) in [6, 6.07) is 0. The SMILES string of the molecule is C.O=C(O)CCC(C[PH](=O)O)C(=O)O. The molecule has 0 aliphatic carbocycles. The standard InChI is InChI=1S/C6H11O6P.CH4/c7-5(8)2-1-4(6(9)10)3-13(11)12;/h4,13H,1-3H2,(H,7,8)(H,9,10)(H,11,12);1H4. The summed E-state index contributed by atoms with van der Waals surface area (Å²) in [5.74, 6) is -3.37. The molecule has 0 bridgehead atoms. The molecule has 0 aliphatic rings. The second kappa shape index (κ2) is 7.53. The van der Waals surface area contributed by atoms with Gasteiger partial charge in [-0.1, -0.05) is 7.43 Å².